The van der Waals surface area contributed by atoms with E-state index < -0.39 is 0 Å². The number of benzene rings is 3. The van der Waals surface area contributed by atoms with Gasteiger partial charge in [0, 0.05) is 16.5 Å². The monoisotopic (exact) mass is 273 g/mol. The molecule has 3 aromatic carbocycles. The highest BCUT2D eigenvalue weighted by Crippen LogP contribution is 2.32. The molecule has 3 heteroatoms. The fourth-order valence-electron chi connectivity index (χ4n) is 2.90. The fraction of sp³-hybridized carbons (Fsp3) is 0. The molecule has 0 saturated heterocycles. The van der Waals surface area contributed by atoms with Crippen LogP contribution >= 0.6 is 0 Å². The molecule has 0 aliphatic carbocycles. The Bertz CT molecular complexity index is 913. The molecule has 0 unspecified atom stereocenters. The number of rotatable bonds is 1. The predicted octanol–water partition coefficient (Wildman–Crippen LogP) is 3.95. The molecule has 4 aromatic rings. The lowest BCUT2D eigenvalue weighted by Gasteiger charge is -2.09. The molecule has 102 valence electrons. The molecule has 0 fully saturated rings. The van der Waals surface area contributed by atoms with E-state index in [2.05, 4.69) is 53.1 Å². The summed E-state index contributed by atoms with van der Waals surface area (Å²) in [6, 6.07) is 22.6. The standard InChI is InChI=1S/C18H15N3/c19-15-10-9-12(11-16(15)20)21-17-7-3-1-5-13(17)14-6-2-4-8-18(14)21/h1-11H,19-20H2. The van der Waals surface area contributed by atoms with Crippen LogP contribution in [0.3, 0.4) is 0 Å². The molecule has 4 rings (SSSR count). The summed E-state index contributed by atoms with van der Waals surface area (Å²) in [7, 11) is 0. The van der Waals surface area contributed by atoms with Crippen molar-refractivity contribution in [1.82, 2.24) is 4.57 Å². The molecule has 0 aliphatic rings. The van der Waals surface area contributed by atoms with Gasteiger partial charge >= 0.3 is 0 Å². The Hall–Kier alpha value is -2.94. The van der Waals surface area contributed by atoms with Crippen LogP contribution in [-0.4, -0.2) is 4.57 Å². The summed E-state index contributed by atoms with van der Waals surface area (Å²) >= 11 is 0. The van der Waals surface area contributed by atoms with Crippen LogP contribution in [-0.2, 0) is 0 Å². The fourth-order valence-corrected chi connectivity index (χ4v) is 2.90. The SMILES string of the molecule is Nc1ccc(-n2c3ccccc3c3ccccc32)cc1N. The summed E-state index contributed by atoms with van der Waals surface area (Å²) in [6.07, 6.45) is 0. The number of aromatic nitrogens is 1. The highest BCUT2D eigenvalue weighted by atomic mass is 15.0. The lowest BCUT2D eigenvalue weighted by Crippen LogP contribution is -1.98. The third-order valence-corrected chi connectivity index (χ3v) is 3.91. The average Bonchev–Trinajstić information content (AvgIpc) is 2.85. The summed E-state index contributed by atoms with van der Waals surface area (Å²) in [5.41, 5.74) is 16.4. The Morgan fingerprint density at radius 3 is 1.76 bits per heavy atom. The largest absolute Gasteiger partial charge is 0.397 e. The van der Waals surface area contributed by atoms with Crippen molar-refractivity contribution >= 4 is 33.2 Å². The summed E-state index contributed by atoms with van der Waals surface area (Å²) in [5.74, 6) is 0. The highest BCUT2D eigenvalue weighted by molar-refractivity contribution is 6.09. The van der Waals surface area contributed by atoms with Crippen molar-refractivity contribution in [1.29, 1.82) is 0 Å². The Labute approximate surface area is 122 Å². The van der Waals surface area contributed by atoms with Gasteiger partial charge in [0.1, 0.15) is 0 Å². The molecule has 4 N–H and O–H groups in total. The van der Waals surface area contributed by atoms with Crippen molar-refractivity contribution in [2.24, 2.45) is 0 Å². The third-order valence-electron chi connectivity index (χ3n) is 3.91. The van der Waals surface area contributed by atoms with Gasteiger partial charge in [0.2, 0.25) is 0 Å². The van der Waals surface area contributed by atoms with E-state index in [1.807, 2.05) is 18.2 Å². The van der Waals surface area contributed by atoms with Gasteiger partial charge in [-0.3, -0.25) is 0 Å². The zero-order valence-corrected chi connectivity index (χ0v) is 11.5. The molecule has 21 heavy (non-hydrogen) atoms. The molecule has 0 radical (unpaired) electrons. The zero-order chi connectivity index (χ0) is 14.4. The van der Waals surface area contributed by atoms with Gasteiger partial charge < -0.3 is 16.0 Å². The Kier molecular flexibility index (Phi) is 2.42. The maximum Gasteiger partial charge on any atom is 0.0568 e. The Morgan fingerprint density at radius 1 is 0.619 bits per heavy atom. The quantitative estimate of drug-likeness (QED) is 0.516. The van der Waals surface area contributed by atoms with Crippen molar-refractivity contribution in [3.05, 3.63) is 66.7 Å². The van der Waals surface area contributed by atoms with E-state index in [-0.39, 0.29) is 0 Å². The van der Waals surface area contributed by atoms with Gasteiger partial charge in [-0.15, -0.1) is 0 Å². The summed E-state index contributed by atoms with van der Waals surface area (Å²) < 4.78 is 2.22. The van der Waals surface area contributed by atoms with Gasteiger partial charge in [-0.2, -0.15) is 0 Å². The summed E-state index contributed by atoms with van der Waals surface area (Å²) in [5, 5.41) is 2.48. The van der Waals surface area contributed by atoms with E-state index in [1.165, 1.54) is 21.8 Å². The molecule has 0 saturated carbocycles. The van der Waals surface area contributed by atoms with Gasteiger partial charge in [-0.1, -0.05) is 36.4 Å². The maximum absolute atomic E-state index is 5.98. The van der Waals surface area contributed by atoms with Crippen molar-refractivity contribution in [3.63, 3.8) is 0 Å². The first-order chi connectivity index (χ1) is 10.3. The number of hydrogen-bond donors (Lipinski definition) is 2. The number of fused-ring (bicyclic) bond motifs is 3. The summed E-state index contributed by atoms with van der Waals surface area (Å²) in [4.78, 5) is 0. The first-order valence-electron chi connectivity index (χ1n) is 6.89. The van der Waals surface area contributed by atoms with E-state index in [9.17, 15) is 0 Å². The number of hydrogen-bond acceptors (Lipinski definition) is 2. The van der Waals surface area contributed by atoms with Gasteiger partial charge in [-0.05, 0) is 30.3 Å². The molecule has 0 aliphatic heterocycles. The van der Waals surface area contributed by atoms with Gasteiger partial charge in [0.05, 0.1) is 22.4 Å². The molecule has 0 amide bonds. The zero-order valence-electron chi connectivity index (χ0n) is 11.5. The first kappa shape index (κ1) is 11.9. The van der Waals surface area contributed by atoms with Crippen LogP contribution in [0.5, 0.6) is 0 Å². The average molecular weight is 273 g/mol. The maximum atomic E-state index is 5.98. The van der Waals surface area contributed by atoms with E-state index in [0.717, 1.165) is 5.69 Å². The second-order valence-electron chi connectivity index (χ2n) is 5.18. The van der Waals surface area contributed by atoms with Crippen LogP contribution in [0, 0.1) is 0 Å². The van der Waals surface area contributed by atoms with Gasteiger partial charge in [-0.25, -0.2) is 0 Å². The molecule has 1 heterocycles. The lowest BCUT2D eigenvalue weighted by atomic mass is 10.2. The molecule has 0 atom stereocenters. The minimum Gasteiger partial charge on any atom is -0.397 e. The Morgan fingerprint density at radius 2 is 1.19 bits per heavy atom. The van der Waals surface area contributed by atoms with E-state index in [1.54, 1.807) is 0 Å². The molecule has 3 nitrogen and oxygen atoms in total. The number of anilines is 2. The molecule has 0 spiro atoms. The second-order valence-corrected chi connectivity index (χ2v) is 5.18. The van der Waals surface area contributed by atoms with Crippen molar-refractivity contribution in [2.75, 3.05) is 11.5 Å². The normalized spacial score (nSPS) is 11.2. The second kappa shape index (κ2) is 4.28. The Balaban J connectivity index is 2.17. The van der Waals surface area contributed by atoms with E-state index in [0.29, 0.717) is 11.4 Å². The van der Waals surface area contributed by atoms with Crippen LogP contribution < -0.4 is 11.5 Å². The molecular weight excluding hydrogens is 258 g/mol. The minimum atomic E-state index is 0.606. The smallest absolute Gasteiger partial charge is 0.0568 e. The van der Waals surface area contributed by atoms with Crippen LogP contribution in [0.1, 0.15) is 0 Å². The van der Waals surface area contributed by atoms with Crippen LogP contribution in [0.15, 0.2) is 66.7 Å². The summed E-state index contributed by atoms with van der Waals surface area (Å²) in [6.45, 7) is 0. The van der Waals surface area contributed by atoms with Gasteiger partial charge in [0.15, 0.2) is 0 Å². The number of nitrogens with two attached hydrogens (primary N) is 2. The molecule has 1 aromatic heterocycles. The minimum absolute atomic E-state index is 0.606. The van der Waals surface area contributed by atoms with Crippen LogP contribution in [0.2, 0.25) is 0 Å². The third kappa shape index (κ3) is 1.68. The van der Waals surface area contributed by atoms with Crippen molar-refractivity contribution in [3.8, 4) is 5.69 Å². The van der Waals surface area contributed by atoms with E-state index >= 15 is 0 Å². The lowest BCUT2D eigenvalue weighted by molar-refractivity contribution is 1.18. The number of nitrogen functional groups attached to an aromatic ring is 2. The van der Waals surface area contributed by atoms with Crippen LogP contribution in [0.4, 0.5) is 11.4 Å². The van der Waals surface area contributed by atoms with Crippen LogP contribution in [0.25, 0.3) is 27.5 Å². The van der Waals surface area contributed by atoms with E-state index in [4.69, 9.17) is 11.5 Å². The van der Waals surface area contributed by atoms with Crippen molar-refractivity contribution in [2.45, 2.75) is 0 Å². The molecular formula is C18H15N3. The predicted molar refractivity (Wildman–Crippen MR) is 89.6 cm³/mol. The van der Waals surface area contributed by atoms with Crippen molar-refractivity contribution < 1.29 is 0 Å². The first-order valence-corrected chi connectivity index (χ1v) is 6.89. The molecule has 0 bridgehead atoms. The number of nitrogens with zero attached hydrogens (tertiary/aromatic N) is 1. The highest BCUT2D eigenvalue weighted by Gasteiger charge is 2.11. The number of para-hydroxylation sites is 2. The topological polar surface area (TPSA) is 57.0 Å². The van der Waals surface area contributed by atoms with Gasteiger partial charge in [0.25, 0.3) is 0 Å².